The van der Waals surface area contributed by atoms with E-state index in [-0.39, 0.29) is 18.5 Å². The summed E-state index contributed by atoms with van der Waals surface area (Å²) in [5, 5.41) is 11.5. The second-order valence-electron chi connectivity index (χ2n) is 7.10. The lowest BCUT2D eigenvalue weighted by Gasteiger charge is -2.40. The highest BCUT2D eigenvalue weighted by Crippen LogP contribution is 2.43. The normalized spacial score (nSPS) is 24.5. The van der Waals surface area contributed by atoms with Crippen molar-refractivity contribution in [3.63, 3.8) is 0 Å². The molecule has 4 rings (SSSR count). The molecule has 0 aromatic heterocycles. The minimum atomic E-state index is -0.193. The number of nitriles is 1. The van der Waals surface area contributed by atoms with Gasteiger partial charge in [-0.1, -0.05) is 24.3 Å². The Morgan fingerprint density at radius 1 is 1.15 bits per heavy atom. The summed E-state index contributed by atoms with van der Waals surface area (Å²) in [6.07, 6.45) is 4.21. The first-order chi connectivity index (χ1) is 12.7. The number of carbonyl (C=O) groups excluding carboxylic acids is 1. The average Bonchev–Trinajstić information content (AvgIpc) is 2.91. The number of hydrogen-bond donors (Lipinski definition) is 0. The van der Waals surface area contributed by atoms with Crippen LogP contribution in [0.25, 0.3) is 10.8 Å². The first kappa shape index (κ1) is 17.2. The Hall–Kier alpha value is -2.25. The van der Waals surface area contributed by atoms with Gasteiger partial charge in [0.15, 0.2) is 0 Å². The van der Waals surface area contributed by atoms with Gasteiger partial charge in [-0.15, -0.1) is 11.6 Å². The van der Waals surface area contributed by atoms with E-state index in [1.54, 1.807) is 0 Å². The molecule has 2 aliphatic heterocycles. The highest BCUT2D eigenvalue weighted by Gasteiger charge is 2.42. The van der Waals surface area contributed by atoms with Gasteiger partial charge in [-0.2, -0.15) is 5.26 Å². The summed E-state index contributed by atoms with van der Waals surface area (Å²) in [6.45, 7) is 0. The van der Waals surface area contributed by atoms with Crippen LogP contribution in [0, 0.1) is 11.3 Å². The number of rotatable bonds is 4. The van der Waals surface area contributed by atoms with Gasteiger partial charge < -0.3 is 9.64 Å². The van der Waals surface area contributed by atoms with Crippen LogP contribution in [-0.2, 0) is 9.53 Å². The van der Waals surface area contributed by atoms with Crippen LogP contribution < -0.4 is 4.90 Å². The predicted molar refractivity (Wildman–Crippen MR) is 102 cm³/mol. The Kier molecular flexibility index (Phi) is 4.74. The molecule has 4 nitrogen and oxygen atoms in total. The molecule has 0 radical (unpaired) electrons. The van der Waals surface area contributed by atoms with Gasteiger partial charge in [-0.25, -0.2) is 0 Å². The molecule has 2 fully saturated rings. The Morgan fingerprint density at radius 2 is 1.85 bits per heavy atom. The number of benzene rings is 2. The van der Waals surface area contributed by atoms with E-state index in [9.17, 15) is 10.1 Å². The number of piperidine rings is 1. The van der Waals surface area contributed by atoms with E-state index < -0.39 is 0 Å². The van der Waals surface area contributed by atoms with Gasteiger partial charge in [-0.3, -0.25) is 4.79 Å². The van der Waals surface area contributed by atoms with Crippen LogP contribution in [0.5, 0.6) is 0 Å². The first-order valence-corrected chi connectivity index (χ1v) is 9.70. The van der Waals surface area contributed by atoms with Crippen molar-refractivity contribution in [3.05, 3.63) is 42.0 Å². The van der Waals surface area contributed by atoms with Gasteiger partial charge in [0, 0.05) is 47.3 Å². The quantitative estimate of drug-likeness (QED) is 0.593. The number of halogens is 1. The van der Waals surface area contributed by atoms with Crippen LogP contribution in [0.1, 0.15) is 37.7 Å². The van der Waals surface area contributed by atoms with Gasteiger partial charge >= 0.3 is 5.97 Å². The average molecular weight is 369 g/mol. The minimum absolute atomic E-state index is 0.0101. The fourth-order valence-electron chi connectivity index (χ4n) is 4.54. The molecule has 3 atom stereocenters. The molecule has 0 amide bonds. The van der Waals surface area contributed by atoms with Crippen molar-refractivity contribution in [2.24, 2.45) is 0 Å². The maximum Gasteiger partial charge on any atom is 0.307 e. The molecule has 2 saturated heterocycles. The van der Waals surface area contributed by atoms with E-state index in [1.165, 1.54) is 5.69 Å². The lowest BCUT2D eigenvalue weighted by Crippen LogP contribution is -2.46. The third-order valence-electron chi connectivity index (χ3n) is 5.59. The molecular weight excluding hydrogens is 348 g/mol. The Bertz CT molecular complexity index is 862. The zero-order chi connectivity index (χ0) is 18.1. The maximum atomic E-state index is 11.8. The van der Waals surface area contributed by atoms with Crippen LogP contribution in [-0.4, -0.2) is 30.0 Å². The molecule has 0 spiro atoms. The van der Waals surface area contributed by atoms with Crippen molar-refractivity contribution in [2.75, 3.05) is 10.8 Å². The van der Waals surface area contributed by atoms with E-state index in [0.29, 0.717) is 23.5 Å². The van der Waals surface area contributed by atoms with Crippen molar-refractivity contribution in [1.29, 1.82) is 5.26 Å². The standard InChI is InChI=1S/C21H21ClN2O2/c22-10-9-21(25)26-17-11-15-6-7-16(12-17)24(15)20-8-5-14(13-23)18-3-1-2-4-19(18)20/h1-5,8,15-17H,6-7,9-12H2/t15-,16+,17+. The third-order valence-corrected chi connectivity index (χ3v) is 5.78. The number of ether oxygens (including phenoxy) is 1. The molecule has 5 heteroatoms. The number of hydrogen-bond acceptors (Lipinski definition) is 4. The van der Waals surface area contributed by atoms with E-state index in [0.717, 1.165) is 36.5 Å². The van der Waals surface area contributed by atoms with Crippen molar-refractivity contribution in [2.45, 2.75) is 50.3 Å². The lowest BCUT2D eigenvalue weighted by atomic mass is 9.96. The van der Waals surface area contributed by atoms with E-state index in [1.807, 2.05) is 24.3 Å². The predicted octanol–water partition coefficient (Wildman–Crippen LogP) is 4.38. The number of anilines is 1. The summed E-state index contributed by atoms with van der Waals surface area (Å²) < 4.78 is 5.63. The molecule has 0 N–H and O–H groups in total. The van der Waals surface area contributed by atoms with Crippen LogP contribution in [0.4, 0.5) is 5.69 Å². The van der Waals surface area contributed by atoms with Gasteiger partial charge in [-0.05, 0) is 25.0 Å². The van der Waals surface area contributed by atoms with Crippen molar-refractivity contribution in [3.8, 4) is 6.07 Å². The first-order valence-electron chi connectivity index (χ1n) is 9.17. The molecule has 2 aromatic rings. The van der Waals surface area contributed by atoms with Gasteiger partial charge in [0.25, 0.3) is 0 Å². The van der Waals surface area contributed by atoms with Crippen molar-refractivity contribution in [1.82, 2.24) is 0 Å². The summed E-state index contributed by atoms with van der Waals surface area (Å²) in [7, 11) is 0. The van der Waals surface area contributed by atoms with Crippen molar-refractivity contribution < 1.29 is 9.53 Å². The molecule has 2 aliphatic rings. The molecule has 134 valence electrons. The monoisotopic (exact) mass is 368 g/mol. The van der Waals surface area contributed by atoms with Crippen LogP contribution in [0.15, 0.2) is 36.4 Å². The smallest absolute Gasteiger partial charge is 0.307 e. The fourth-order valence-corrected chi connectivity index (χ4v) is 4.70. The van der Waals surface area contributed by atoms with Crippen molar-refractivity contribution >= 4 is 34.0 Å². The molecule has 0 saturated carbocycles. The molecular formula is C21H21ClN2O2. The highest BCUT2D eigenvalue weighted by molar-refractivity contribution is 6.18. The molecule has 26 heavy (non-hydrogen) atoms. The lowest BCUT2D eigenvalue weighted by molar-refractivity contribution is -0.150. The number of esters is 1. The molecule has 0 unspecified atom stereocenters. The van der Waals surface area contributed by atoms with Gasteiger partial charge in [0.05, 0.1) is 18.1 Å². The van der Waals surface area contributed by atoms with Crippen LogP contribution in [0.2, 0.25) is 0 Å². The van der Waals surface area contributed by atoms with Crippen LogP contribution in [0.3, 0.4) is 0 Å². The molecule has 2 heterocycles. The largest absolute Gasteiger partial charge is 0.462 e. The molecule has 2 bridgehead atoms. The second kappa shape index (κ2) is 7.17. The Morgan fingerprint density at radius 3 is 2.50 bits per heavy atom. The van der Waals surface area contributed by atoms with Gasteiger partial charge in [0.2, 0.25) is 0 Å². The number of alkyl halides is 1. The molecule has 2 aromatic carbocycles. The highest BCUT2D eigenvalue weighted by atomic mass is 35.5. The third kappa shape index (κ3) is 3.01. The zero-order valence-corrected chi connectivity index (χ0v) is 15.3. The summed E-state index contributed by atoms with van der Waals surface area (Å²) in [5.74, 6) is 0.114. The summed E-state index contributed by atoms with van der Waals surface area (Å²) in [5.41, 5.74) is 1.90. The maximum absolute atomic E-state index is 11.8. The van der Waals surface area contributed by atoms with E-state index in [4.69, 9.17) is 16.3 Å². The Balaban J connectivity index is 1.62. The molecule has 0 aliphatic carbocycles. The second-order valence-corrected chi connectivity index (χ2v) is 7.48. The van der Waals surface area contributed by atoms with E-state index in [2.05, 4.69) is 23.1 Å². The SMILES string of the molecule is N#Cc1ccc(N2[C@@H]3CC[C@H]2C[C@@H](OC(=O)CCCl)C3)c2ccccc12. The van der Waals surface area contributed by atoms with Crippen LogP contribution >= 0.6 is 11.6 Å². The topological polar surface area (TPSA) is 53.3 Å². The summed E-state index contributed by atoms with van der Waals surface area (Å²) in [4.78, 5) is 14.3. The number of carbonyl (C=O) groups is 1. The Labute approximate surface area is 158 Å². The number of fused-ring (bicyclic) bond motifs is 3. The summed E-state index contributed by atoms with van der Waals surface area (Å²) in [6, 6.07) is 15.1. The zero-order valence-electron chi connectivity index (χ0n) is 14.5. The summed E-state index contributed by atoms with van der Waals surface area (Å²) >= 11 is 5.64. The van der Waals surface area contributed by atoms with E-state index >= 15 is 0 Å². The van der Waals surface area contributed by atoms with Gasteiger partial charge in [0.1, 0.15) is 6.10 Å². The number of nitrogens with zero attached hydrogens (tertiary/aromatic N) is 2. The fraction of sp³-hybridized carbons (Fsp3) is 0.429. The minimum Gasteiger partial charge on any atom is -0.462 e.